The SMILES string of the molecule is CCCCCc1ccc(-c2ccc(-c3ccc(-c4ccc(C(F)(F)Oc5cc(F)c(F)c(F)c5)c(F)c4)c(F)c3)cc2)nc1. The zero-order valence-electron chi connectivity index (χ0n) is 23.5. The first-order valence-electron chi connectivity index (χ1n) is 13.9. The van der Waals surface area contributed by atoms with E-state index < -0.39 is 46.5 Å². The summed E-state index contributed by atoms with van der Waals surface area (Å²) in [5.41, 5.74) is 2.85. The Morgan fingerprint density at radius 1 is 0.636 bits per heavy atom. The second-order valence-electron chi connectivity index (χ2n) is 10.3. The molecule has 226 valence electrons. The monoisotopic (exact) mass is 609 g/mol. The third kappa shape index (κ3) is 6.77. The highest BCUT2D eigenvalue weighted by molar-refractivity contribution is 5.73. The van der Waals surface area contributed by atoms with Gasteiger partial charge in [-0.25, -0.2) is 22.0 Å². The topological polar surface area (TPSA) is 22.1 Å². The molecule has 0 fully saturated rings. The number of aryl methyl sites for hydroxylation is 1. The number of nitrogens with zero attached hydrogens (tertiary/aromatic N) is 1. The summed E-state index contributed by atoms with van der Waals surface area (Å²) in [4.78, 5) is 4.56. The van der Waals surface area contributed by atoms with Crippen molar-refractivity contribution in [1.82, 2.24) is 4.98 Å². The Balaban J connectivity index is 1.31. The lowest BCUT2D eigenvalue weighted by molar-refractivity contribution is -0.187. The van der Waals surface area contributed by atoms with Gasteiger partial charge in [-0.3, -0.25) is 4.98 Å². The molecule has 1 aromatic heterocycles. The number of unbranched alkanes of at least 4 members (excludes halogenated alkanes) is 2. The van der Waals surface area contributed by atoms with Crippen LogP contribution in [-0.2, 0) is 12.5 Å². The summed E-state index contributed by atoms with van der Waals surface area (Å²) < 4.78 is 103. The molecular weight excluding hydrogens is 583 g/mol. The molecule has 0 aliphatic carbocycles. The van der Waals surface area contributed by atoms with Crippen molar-refractivity contribution in [3.05, 3.63) is 131 Å². The average Bonchev–Trinajstić information content (AvgIpc) is 3.00. The Morgan fingerprint density at radius 3 is 1.89 bits per heavy atom. The van der Waals surface area contributed by atoms with Crippen LogP contribution in [0, 0.1) is 29.1 Å². The fraction of sp³-hybridized carbons (Fsp3) is 0.171. The molecule has 0 atom stereocenters. The smallest absolute Gasteiger partial charge is 0.429 e. The summed E-state index contributed by atoms with van der Waals surface area (Å²) >= 11 is 0. The van der Waals surface area contributed by atoms with Crippen LogP contribution in [0.4, 0.5) is 30.7 Å². The first kappa shape index (κ1) is 30.8. The Hall–Kier alpha value is -4.66. The highest BCUT2D eigenvalue weighted by atomic mass is 19.3. The minimum atomic E-state index is -4.37. The van der Waals surface area contributed by atoms with E-state index in [-0.39, 0.29) is 23.3 Å². The Labute approximate surface area is 249 Å². The van der Waals surface area contributed by atoms with Crippen molar-refractivity contribution in [2.75, 3.05) is 0 Å². The number of alkyl halides is 2. The van der Waals surface area contributed by atoms with Crippen LogP contribution in [0.15, 0.2) is 91.1 Å². The van der Waals surface area contributed by atoms with Crippen molar-refractivity contribution >= 4 is 0 Å². The number of hydrogen-bond donors (Lipinski definition) is 0. The Bertz CT molecular complexity index is 1750. The van der Waals surface area contributed by atoms with Crippen molar-refractivity contribution in [3.8, 4) is 39.3 Å². The van der Waals surface area contributed by atoms with Gasteiger partial charge in [-0.1, -0.05) is 68.3 Å². The molecule has 0 amide bonds. The molecule has 0 bridgehead atoms. The number of pyridine rings is 1. The molecule has 0 saturated heterocycles. The minimum absolute atomic E-state index is 0.0236. The average molecular weight is 610 g/mol. The highest BCUT2D eigenvalue weighted by Crippen LogP contribution is 2.37. The molecular formula is C35H26F7NO. The van der Waals surface area contributed by atoms with Gasteiger partial charge in [0.15, 0.2) is 17.5 Å². The van der Waals surface area contributed by atoms with E-state index in [0.29, 0.717) is 17.7 Å². The second kappa shape index (κ2) is 12.9. The minimum Gasteiger partial charge on any atom is -0.429 e. The number of benzene rings is 4. The van der Waals surface area contributed by atoms with E-state index in [1.54, 1.807) is 6.07 Å². The fourth-order valence-electron chi connectivity index (χ4n) is 4.80. The van der Waals surface area contributed by atoms with E-state index in [0.717, 1.165) is 42.1 Å². The molecule has 44 heavy (non-hydrogen) atoms. The van der Waals surface area contributed by atoms with Crippen LogP contribution < -0.4 is 4.74 Å². The first-order valence-corrected chi connectivity index (χ1v) is 13.9. The predicted octanol–water partition coefficient (Wildman–Crippen LogP) is 10.6. The third-order valence-electron chi connectivity index (χ3n) is 7.17. The van der Waals surface area contributed by atoms with Crippen molar-refractivity contribution in [1.29, 1.82) is 0 Å². The van der Waals surface area contributed by atoms with Gasteiger partial charge in [0.2, 0.25) is 0 Å². The van der Waals surface area contributed by atoms with Crippen LogP contribution in [0.5, 0.6) is 5.75 Å². The van der Waals surface area contributed by atoms with E-state index in [2.05, 4.69) is 22.7 Å². The molecule has 0 N–H and O–H groups in total. The molecule has 0 radical (unpaired) electrons. The summed E-state index contributed by atoms with van der Waals surface area (Å²) in [6, 6.07) is 18.6. The van der Waals surface area contributed by atoms with E-state index in [4.69, 9.17) is 0 Å². The van der Waals surface area contributed by atoms with Gasteiger partial charge < -0.3 is 4.74 Å². The highest BCUT2D eigenvalue weighted by Gasteiger charge is 2.38. The quantitative estimate of drug-likeness (QED) is 0.0893. The Kier molecular flexibility index (Phi) is 9.04. The molecule has 0 saturated carbocycles. The van der Waals surface area contributed by atoms with Crippen molar-refractivity contribution < 1.29 is 35.5 Å². The van der Waals surface area contributed by atoms with Gasteiger partial charge in [0, 0.05) is 29.5 Å². The molecule has 0 aliphatic heterocycles. The molecule has 5 aromatic rings. The zero-order chi connectivity index (χ0) is 31.4. The van der Waals surface area contributed by atoms with Crippen molar-refractivity contribution in [2.45, 2.75) is 38.7 Å². The molecule has 2 nitrogen and oxygen atoms in total. The first-order chi connectivity index (χ1) is 21.1. The van der Waals surface area contributed by atoms with Crippen molar-refractivity contribution in [3.63, 3.8) is 0 Å². The van der Waals surface area contributed by atoms with Crippen LogP contribution in [-0.4, -0.2) is 4.98 Å². The molecule has 4 aromatic carbocycles. The number of rotatable bonds is 10. The lowest BCUT2D eigenvalue weighted by Gasteiger charge is -2.19. The largest absolute Gasteiger partial charge is 0.429 e. The van der Waals surface area contributed by atoms with Crippen molar-refractivity contribution in [2.24, 2.45) is 0 Å². The van der Waals surface area contributed by atoms with Gasteiger partial charge in [-0.2, -0.15) is 8.78 Å². The van der Waals surface area contributed by atoms with Gasteiger partial charge in [0.05, 0.1) is 11.3 Å². The van der Waals surface area contributed by atoms with E-state index in [1.807, 2.05) is 36.5 Å². The summed E-state index contributed by atoms with van der Waals surface area (Å²) in [7, 11) is 0. The summed E-state index contributed by atoms with van der Waals surface area (Å²) in [6.07, 6.45) is 1.95. The van der Waals surface area contributed by atoms with Crippen LogP contribution in [0.1, 0.15) is 37.3 Å². The molecule has 9 heteroatoms. The second-order valence-corrected chi connectivity index (χ2v) is 10.3. The maximum Gasteiger partial charge on any atom is 0.429 e. The number of hydrogen-bond acceptors (Lipinski definition) is 2. The van der Waals surface area contributed by atoms with Crippen LogP contribution >= 0.6 is 0 Å². The van der Waals surface area contributed by atoms with Gasteiger partial charge in [0.25, 0.3) is 0 Å². The summed E-state index contributed by atoms with van der Waals surface area (Å²) in [5, 5.41) is 0. The maximum absolute atomic E-state index is 15.2. The molecule has 1 heterocycles. The number of halogens is 7. The molecule has 5 rings (SSSR count). The fourth-order valence-corrected chi connectivity index (χ4v) is 4.80. The zero-order valence-corrected chi connectivity index (χ0v) is 23.5. The third-order valence-corrected chi connectivity index (χ3v) is 7.17. The van der Waals surface area contributed by atoms with Gasteiger partial charge in [0.1, 0.15) is 17.4 Å². The van der Waals surface area contributed by atoms with Crippen LogP contribution in [0.2, 0.25) is 0 Å². The van der Waals surface area contributed by atoms with Crippen LogP contribution in [0.25, 0.3) is 33.5 Å². The number of aromatic nitrogens is 1. The summed E-state index contributed by atoms with van der Waals surface area (Å²) in [5.74, 6) is -8.56. The molecule has 0 aliphatic rings. The predicted molar refractivity (Wildman–Crippen MR) is 155 cm³/mol. The summed E-state index contributed by atoms with van der Waals surface area (Å²) in [6.45, 7) is 2.16. The standard InChI is InChI=1S/C35H26F7NO/c1-2-3-4-5-21-6-15-33(43-20-21)23-9-7-22(8-10-23)24-11-13-27(29(36)16-24)25-12-14-28(30(37)17-25)35(41,42)44-26-18-31(38)34(40)32(39)19-26/h6-20H,2-5H2,1H3. The van der Waals surface area contributed by atoms with Gasteiger partial charge in [-0.05, 0) is 59.4 Å². The number of ether oxygens (including phenoxy) is 1. The maximum atomic E-state index is 15.2. The lowest BCUT2D eigenvalue weighted by Crippen LogP contribution is -2.23. The molecule has 0 unspecified atom stereocenters. The van der Waals surface area contributed by atoms with E-state index >= 15 is 4.39 Å². The normalized spacial score (nSPS) is 11.5. The van der Waals surface area contributed by atoms with Gasteiger partial charge in [-0.15, -0.1) is 0 Å². The van der Waals surface area contributed by atoms with Crippen LogP contribution in [0.3, 0.4) is 0 Å². The Morgan fingerprint density at radius 2 is 1.27 bits per heavy atom. The lowest BCUT2D eigenvalue weighted by atomic mass is 9.97. The van der Waals surface area contributed by atoms with E-state index in [1.165, 1.54) is 24.1 Å². The van der Waals surface area contributed by atoms with E-state index in [9.17, 15) is 26.3 Å². The molecule has 0 spiro atoms. The van der Waals surface area contributed by atoms with Gasteiger partial charge >= 0.3 is 6.11 Å².